The molecule has 1 saturated carbocycles. The fourth-order valence-corrected chi connectivity index (χ4v) is 3.95. The molecule has 1 aliphatic rings. The molecule has 21 heavy (non-hydrogen) atoms. The number of rotatable bonds is 5. The Balaban J connectivity index is 2.09. The predicted octanol–water partition coefficient (Wildman–Crippen LogP) is 5.59. The molecule has 1 N–H and O–H groups in total. The zero-order chi connectivity index (χ0) is 15.4. The second-order valence-electron chi connectivity index (χ2n) is 6.69. The van der Waals surface area contributed by atoms with Gasteiger partial charge in [0.25, 0.3) is 0 Å². The highest BCUT2D eigenvalue weighted by Crippen LogP contribution is 2.36. The first-order chi connectivity index (χ1) is 10.0. The van der Waals surface area contributed by atoms with E-state index in [9.17, 15) is 0 Å². The molecule has 2 rings (SSSR count). The van der Waals surface area contributed by atoms with Gasteiger partial charge in [-0.25, -0.2) is 0 Å². The summed E-state index contributed by atoms with van der Waals surface area (Å²) in [5, 5.41) is 5.00. The van der Waals surface area contributed by atoms with Gasteiger partial charge in [0, 0.05) is 6.04 Å². The normalized spacial score (nSPS) is 26.3. The van der Waals surface area contributed by atoms with Gasteiger partial charge in [0.1, 0.15) is 0 Å². The molecule has 0 spiro atoms. The number of benzene rings is 1. The molecule has 1 aromatic carbocycles. The van der Waals surface area contributed by atoms with Crippen molar-refractivity contribution in [1.82, 2.24) is 5.32 Å². The summed E-state index contributed by atoms with van der Waals surface area (Å²) in [5.41, 5.74) is 1.31. The van der Waals surface area contributed by atoms with E-state index in [2.05, 4.69) is 32.2 Å². The zero-order valence-corrected chi connectivity index (χ0v) is 14.8. The molecule has 118 valence electrons. The lowest BCUT2D eigenvalue weighted by atomic mass is 9.71. The maximum absolute atomic E-state index is 6.16. The second-order valence-corrected chi connectivity index (χ2v) is 7.51. The van der Waals surface area contributed by atoms with Crippen LogP contribution in [0.4, 0.5) is 0 Å². The van der Waals surface area contributed by atoms with E-state index in [0.29, 0.717) is 22.0 Å². The summed E-state index contributed by atoms with van der Waals surface area (Å²) in [4.78, 5) is 0. The summed E-state index contributed by atoms with van der Waals surface area (Å²) in [5.74, 6) is 2.33. The smallest absolute Gasteiger partial charge is 0.0595 e. The van der Waals surface area contributed by atoms with Crippen LogP contribution in [0.1, 0.15) is 45.6 Å². The molecule has 0 heterocycles. The largest absolute Gasteiger partial charge is 0.314 e. The summed E-state index contributed by atoms with van der Waals surface area (Å²) in [6.45, 7) is 7.96. The van der Waals surface area contributed by atoms with Crippen molar-refractivity contribution in [3.8, 4) is 0 Å². The minimum atomic E-state index is 0.638. The van der Waals surface area contributed by atoms with Crippen LogP contribution < -0.4 is 5.32 Å². The van der Waals surface area contributed by atoms with E-state index in [1.807, 2.05) is 12.1 Å². The van der Waals surface area contributed by atoms with E-state index < -0.39 is 0 Å². The highest BCUT2D eigenvalue weighted by Gasteiger charge is 2.31. The molecule has 0 amide bonds. The molecule has 3 atom stereocenters. The summed E-state index contributed by atoms with van der Waals surface area (Å²) in [7, 11) is 0. The Kier molecular flexibility index (Phi) is 6.40. The lowest BCUT2D eigenvalue weighted by molar-refractivity contribution is 0.169. The fourth-order valence-electron chi connectivity index (χ4n) is 3.63. The van der Waals surface area contributed by atoms with Gasteiger partial charge in [-0.1, -0.05) is 50.0 Å². The van der Waals surface area contributed by atoms with Gasteiger partial charge in [0.15, 0.2) is 0 Å². The van der Waals surface area contributed by atoms with E-state index in [4.69, 9.17) is 23.2 Å². The van der Waals surface area contributed by atoms with Crippen LogP contribution in [0.3, 0.4) is 0 Å². The minimum Gasteiger partial charge on any atom is -0.314 e. The van der Waals surface area contributed by atoms with Crippen LogP contribution >= 0.6 is 23.2 Å². The maximum Gasteiger partial charge on any atom is 0.0595 e. The molecular weight excluding hydrogens is 301 g/mol. The van der Waals surface area contributed by atoms with Crippen molar-refractivity contribution in [1.29, 1.82) is 0 Å². The summed E-state index contributed by atoms with van der Waals surface area (Å²) >= 11 is 12.2. The van der Waals surface area contributed by atoms with Gasteiger partial charge in [0.05, 0.1) is 10.0 Å². The van der Waals surface area contributed by atoms with Crippen molar-refractivity contribution in [3.05, 3.63) is 33.8 Å². The Labute approximate surface area is 139 Å². The molecule has 1 fully saturated rings. The van der Waals surface area contributed by atoms with Crippen LogP contribution in [0.2, 0.25) is 10.0 Å². The lowest BCUT2D eigenvalue weighted by Crippen LogP contribution is -2.42. The van der Waals surface area contributed by atoms with E-state index in [0.717, 1.165) is 24.8 Å². The molecule has 0 aliphatic heterocycles. The van der Waals surface area contributed by atoms with Gasteiger partial charge < -0.3 is 5.32 Å². The molecular formula is C18H27Cl2N. The van der Waals surface area contributed by atoms with E-state index in [-0.39, 0.29) is 0 Å². The van der Waals surface area contributed by atoms with Crippen molar-refractivity contribution in [2.75, 3.05) is 6.54 Å². The number of hydrogen-bond donors (Lipinski definition) is 1. The quantitative estimate of drug-likeness (QED) is 0.743. The first-order valence-corrected chi connectivity index (χ1v) is 8.94. The first kappa shape index (κ1) is 17.1. The molecule has 0 aromatic heterocycles. The third kappa shape index (κ3) is 4.61. The van der Waals surface area contributed by atoms with Crippen molar-refractivity contribution in [2.24, 2.45) is 17.8 Å². The van der Waals surface area contributed by atoms with Crippen LogP contribution in [0.5, 0.6) is 0 Å². The van der Waals surface area contributed by atoms with Crippen molar-refractivity contribution in [2.45, 2.75) is 52.5 Å². The fraction of sp³-hybridized carbons (Fsp3) is 0.667. The monoisotopic (exact) mass is 327 g/mol. The summed E-state index contributed by atoms with van der Waals surface area (Å²) in [6, 6.07) is 6.71. The van der Waals surface area contributed by atoms with E-state index in [1.165, 1.54) is 24.8 Å². The third-order valence-electron chi connectivity index (χ3n) is 4.91. The van der Waals surface area contributed by atoms with Crippen LogP contribution in [0.25, 0.3) is 0 Å². The zero-order valence-electron chi connectivity index (χ0n) is 13.3. The Morgan fingerprint density at radius 2 is 1.95 bits per heavy atom. The Morgan fingerprint density at radius 1 is 1.19 bits per heavy atom. The van der Waals surface area contributed by atoms with Crippen molar-refractivity contribution in [3.63, 3.8) is 0 Å². The summed E-state index contributed by atoms with van der Waals surface area (Å²) in [6.07, 6.45) is 5.06. The standard InChI is InChI=1S/C18H27Cl2N/c1-4-21-18-8-6-14(12(2)3)11-15(18)9-13-5-7-16(19)17(20)10-13/h5,7,10,12,14-15,18,21H,4,6,8-9,11H2,1-3H3. The van der Waals surface area contributed by atoms with Crippen LogP contribution in [-0.4, -0.2) is 12.6 Å². The summed E-state index contributed by atoms with van der Waals surface area (Å²) < 4.78 is 0. The molecule has 0 radical (unpaired) electrons. The number of halogens is 2. The van der Waals surface area contributed by atoms with Crippen LogP contribution in [-0.2, 0) is 6.42 Å². The average Bonchev–Trinajstić information content (AvgIpc) is 2.45. The predicted molar refractivity (Wildman–Crippen MR) is 93.3 cm³/mol. The van der Waals surface area contributed by atoms with Crippen LogP contribution in [0, 0.1) is 17.8 Å². The SMILES string of the molecule is CCNC1CCC(C(C)C)CC1Cc1ccc(Cl)c(Cl)c1. The number of hydrogen-bond acceptors (Lipinski definition) is 1. The first-order valence-electron chi connectivity index (χ1n) is 8.18. The Bertz CT molecular complexity index is 459. The maximum atomic E-state index is 6.16. The second kappa shape index (κ2) is 7.85. The van der Waals surface area contributed by atoms with E-state index >= 15 is 0 Å². The molecule has 1 aromatic rings. The van der Waals surface area contributed by atoms with Crippen LogP contribution in [0.15, 0.2) is 18.2 Å². The van der Waals surface area contributed by atoms with E-state index in [1.54, 1.807) is 0 Å². The molecule has 0 bridgehead atoms. The lowest BCUT2D eigenvalue weighted by Gasteiger charge is -2.38. The third-order valence-corrected chi connectivity index (χ3v) is 5.65. The Hall–Kier alpha value is -0.240. The number of nitrogens with one attached hydrogen (secondary N) is 1. The highest BCUT2D eigenvalue weighted by molar-refractivity contribution is 6.42. The van der Waals surface area contributed by atoms with Crippen molar-refractivity contribution >= 4 is 23.2 Å². The minimum absolute atomic E-state index is 0.638. The molecule has 3 heteroatoms. The average molecular weight is 328 g/mol. The van der Waals surface area contributed by atoms with Gasteiger partial charge in [-0.2, -0.15) is 0 Å². The van der Waals surface area contributed by atoms with Gasteiger partial charge in [-0.05, 0) is 67.7 Å². The van der Waals surface area contributed by atoms with Crippen molar-refractivity contribution < 1.29 is 0 Å². The molecule has 0 saturated heterocycles. The van der Waals surface area contributed by atoms with Gasteiger partial charge >= 0.3 is 0 Å². The highest BCUT2D eigenvalue weighted by atomic mass is 35.5. The molecule has 1 nitrogen and oxygen atoms in total. The van der Waals surface area contributed by atoms with Gasteiger partial charge in [-0.15, -0.1) is 0 Å². The molecule has 1 aliphatic carbocycles. The Morgan fingerprint density at radius 3 is 2.57 bits per heavy atom. The topological polar surface area (TPSA) is 12.0 Å². The molecule has 3 unspecified atom stereocenters. The van der Waals surface area contributed by atoms with Gasteiger partial charge in [0.2, 0.25) is 0 Å². The van der Waals surface area contributed by atoms with Gasteiger partial charge in [-0.3, -0.25) is 0 Å².